The lowest BCUT2D eigenvalue weighted by atomic mass is 9.94. The topological polar surface area (TPSA) is 105 Å². The summed E-state index contributed by atoms with van der Waals surface area (Å²) >= 11 is 0. The third kappa shape index (κ3) is 4.37. The van der Waals surface area contributed by atoms with Gasteiger partial charge in [-0.3, -0.25) is 4.79 Å². The summed E-state index contributed by atoms with van der Waals surface area (Å²) in [7, 11) is 0. The van der Waals surface area contributed by atoms with E-state index in [4.69, 9.17) is 9.84 Å². The maximum Gasteiger partial charge on any atom is 0.408 e. The molecule has 0 bridgehead atoms. The molecule has 3 N–H and O–H groups in total. The number of fused-ring (bicyclic) bond motifs is 3. The molecule has 2 aromatic rings. The Morgan fingerprint density at radius 1 is 1.06 bits per heavy atom. The molecule has 1 saturated carbocycles. The summed E-state index contributed by atoms with van der Waals surface area (Å²) in [6.07, 6.45) is 3.34. The van der Waals surface area contributed by atoms with E-state index in [1.54, 1.807) is 6.92 Å². The molecule has 1 fully saturated rings. The van der Waals surface area contributed by atoms with Gasteiger partial charge in [-0.05, 0) is 47.9 Å². The Labute approximate surface area is 186 Å². The normalized spacial score (nSPS) is 16.7. The molecule has 32 heavy (non-hydrogen) atoms. The summed E-state index contributed by atoms with van der Waals surface area (Å²) in [5, 5.41) is 14.1. The van der Waals surface area contributed by atoms with Crippen LogP contribution in [0.15, 0.2) is 60.7 Å². The molecular formula is C25H26N2O5. The first-order valence-corrected chi connectivity index (χ1v) is 10.7. The zero-order chi connectivity index (χ0) is 22.7. The van der Waals surface area contributed by atoms with Crippen molar-refractivity contribution < 1.29 is 24.2 Å². The summed E-state index contributed by atoms with van der Waals surface area (Å²) in [4.78, 5) is 36.0. The van der Waals surface area contributed by atoms with Crippen LogP contribution in [0.25, 0.3) is 11.1 Å². The lowest BCUT2D eigenvalue weighted by Crippen LogP contribution is -2.58. The van der Waals surface area contributed by atoms with Crippen LogP contribution in [-0.2, 0) is 14.3 Å². The molecule has 2 aliphatic rings. The van der Waals surface area contributed by atoms with Crippen LogP contribution in [0.3, 0.4) is 0 Å². The number of rotatable bonds is 8. The van der Waals surface area contributed by atoms with Crippen LogP contribution >= 0.6 is 0 Å². The van der Waals surface area contributed by atoms with Crippen molar-refractivity contribution in [1.29, 1.82) is 0 Å². The highest BCUT2D eigenvalue weighted by Gasteiger charge is 2.48. The number of hydrogen-bond donors (Lipinski definition) is 3. The van der Waals surface area contributed by atoms with Crippen molar-refractivity contribution in [2.45, 2.75) is 31.2 Å². The number of carbonyl (C=O) groups excluding carboxylic acids is 2. The molecule has 166 valence electrons. The first-order chi connectivity index (χ1) is 15.4. The highest BCUT2D eigenvalue weighted by Crippen LogP contribution is 2.44. The van der Waals surface area contributed by atoms with E-state index < -0.39 is 17.6 Å². The number of carboxylic acid groups (broad SMARTS) is 1. The fraction of sp³-hybridized carbons (Fsp3) is 0.320. The first-order valence-electron chi connectivity index (χ1n) is 10.7. The molecule has 0 spiro atoms. The summed E-state index contributed by atoms with van der Waals surface area (Å²) in [6, 6.07) is 16.2. The largest absolute Gasteiger partial charge is 0.478 e. The molecule has 0 heterocycles. The zero-order valence-electron chi connectivity index (χ0n) is 17.8. The molecule has 7 heteroatoms. The van der Waals surface area contributed by atoms with E-state index in [-0.39, 0.29) is 30.9 Å². The van der Waals surface area contributed by atoms with Crippen molar-refractivity contribution in [2.24, 2.45) is 5.92 Å². The summed E-state index contributed by atoms with van der Waals surface area (Å²) < 4.78 is 5.60. The molecule has 0 aliphatic heterocycles. The van der Waals surface area contributed by atoms with Crippen LogP contribution in [0, 0.1) is 5.92 Å². The Balaban J connectivity index is 1.40. The summed E-state index contributed by atoms with van der Waals surface area (Å²) in [5.74, 6) is -1.48. The number of carbonyl (C=O) groups is 3. The molecule has 2 aromatic carbocycles. The third-order valence-corrected chi connectivity index (χ3v) is 6.21. The van der Waals surface area contributed by atoms with Gasteiger partial charge in [0.25, 0.3) is 0 Å². The van der Waals surface area contributed by atoms with E-state index in [1.807, 2.05) is 36.4 Å². The average Bonchev–Trinajstić information content (AvgIpc) is 3.59. The zero-order valence-corrected chi connectivity index (χ0v) is 17.8. The Morgan fingerprint density at radius 2 is 1.66 bits per heavy atom. The van der Waals surface area contributed by atoms with Gasteiger partial charge in [-0.25, -0.2) is 9.59 Å². The van der Waals surface area contributed by atoms with Crippen LogP contribution in [-0.4, -0.2) is 41.8 Å². The minimum Gasteiger partial charge on any atom is -0.478 e. The second-order valence-electron chi connectivity index (χ2n) is 8.38. The van der Waals surface area contributed by atoms with Gasteiger partial charge < -0.3 is 20.5 Å². The lowest BCUT2D eigenvalue weighted by Gasteiger charge is -2.29. The van der Waals surface area contributed by atoms with Gasteiger partial charge in [0.15, 0.2) is 0 Å². The number of nitrogens with one attached hydrogen (secondary N) is 2. The van der Waals surface area contributed by atoms with Gasteiger partial charge in [-0.2, -0.15) is 0 Å². The fourth-order valence-electron chi connectivity index (χ4n) is 4.35. The fourth-order valence-corrected chi connectivity index (χ4v) is 4.35. The second-order valence-corrected chi connectivity index (χ2v) is 8.38. The van der Waals surface area contributed by atoms with Gasteiger partial charge in [0, 0.05) is 18.5 Å². The SMILES string of the molecule is CC(NC(=O)OCC1c2ccccc2-c2ccccc21)(C(=O)NC/C=C/C(=O)O)C1CC1. The maximum atomic E-state index is 12.8. The standard InChI is InChI=1S/C25H26N2O5/c1-25(16-12-13-16,23(30)26-14-6-11-22(28)29)27-24(31)32-15-21-19-9-4-2-7-17(19)18-8-3-5-10-20(18)21/h2-11,16,21H,12-15H2,1H3,(H,26,30)(H,27,31)(H,28,29)/b11-6+. The smallest absolute Gasteiger partial charge is 0.408 e. The summed E-state index contributed by atoms with van der Waals surface area (Å²) in [6.45, 7) is 1.92. The maximum absolute atomic E-state index is 12.8. The Morgan fingerprint density at radius 3 is 2.22 bits per heavy atom. The van der Waals surface area contributed by atoms with Crippen LogP contribution in [0.5, 0.6) is 0 Å². The minimum absolute atomic E-state index is 0.0198. The van der Waals surface area contributed by atoms with Crippen molar-refractivity contribution in [2.75, 3.05) is 13.2 Å². The van der Waals surface area contributed by atoms with Gasteiger partial charge in [-0.1, -0.05) is 54.6 Å². The highest BCUT2D eigenvalue weighted by molar-refractivity contribution is 5.90. The van der Waals surface area contributed by atoms with Crippen molar-refractivity contribution in [1.82, 2.24) is 10.6 Å². The van der Waals surface area contributed by atoms with E-state index >= 15 is 0 Å². The Hall–Kier alpha value is -3.61. The summed E-state index contributed by atoms with van der Waals surface area (Å²) in [5.41, 5.74) is 3.42. The van der Waals surface area contributed by atoms with Gasteiger partial charge >= 0.3 is 12.1 Å². The van der Waals surface area contributed by atoms with Crippen LogP contribution < -0.4 is 10.6 Å². The van der Waals surface area contributed by atoms with Crippen LogP contribution in [0.4, 0.5) is 4.79 Å². The van der Waals surface area contributed by atoms with Crippen molar-refractivity contribution in [3.05, 3.63) is 71.8 Å². The quantitative estimate of drug-likeness (QED) is 0.552. The number of amides is 2. The number of aliphatic carboxylic acids is 1. The van der Waals surface area contributed by atoms with Gasteiger partial charge in [0.2, 0.25) is 5.91 Å². The predicted octanol–water partition coefficient (Wildman–Crippen LogP) is 3.45. The molecule has 2 amide bonds. The molecule has 0 aromatic heterocycles. The van der Waals surface area contributed by atoms with Crippen molar-refractivity contribution >= 4 is 18.0 Å². The molecule has 0 saturated heterocycles. The number of alkyl carbamates (subject to hydrolysis) is 1. The Kier molecular flexibility index (Phi) is 5.99. The van der Waals surface area contributed by atoms with E-state index in [9.17, 15) is 14.4 Å². The number of hydrogen-bond acceptors (Lipinski definition) is 4. The molecule has 7 nitrogen and oxygen atoms in total. The van der Waals surface area contributed by atoms with Crippen molar-refractivity contribution in [3.63, 3.8) is 0 Å². The second kappa shape index (κ2) is 8.86. The number of benzene rings is 2. The minimum atomic E-state index is -1.11. The first kappa shape index (κ1) is 21.6. The van der Waals surface area contributed by atoms with Gasteiger partial charge in [-0.15, -0.1) is 0 Å². The highest BCUT2D eigenvalue weighted by atomic mass is 16.5. The van der Waals surface area contributed by atoms with Gasteiger partial charge in [0.05, 0.1) is 0 Å². The number of ether oxygens (including phenoxy) is 1. The molecule has 4 rings (SSSR count). The van der Waals surface area contributed by atoms with Crippen molar-refractivity contribution in [3.8, 4) is 11.1 Å². The lowest BCUT2D eigenvalue weighted by molar-refractivity contribution is -0.131. The predicted molar refractivity (Wildman–Crippen MR) is 119 cm³/mol. The van der Waals surface area contributed by atoms with Crippen LogP contribution in [0.1, 0.15) is 36.8 Å². The molecule has 1 atom stereocenters. The van der Waals surface area contributed by atoms with E-state index in [2.05, 4.69) is 22.8 Å². The molecule has 2 aliphatic carbocycles. The molecule has 0 radical (unpaired) electrons. The van der Waals surface area contributed by atoms with E-state index in [1.165, 1.54) is 6.08 Å². The monoisotopic (exact) mass is 434 g/mol. The number of carboxylic acids is 1. The molecular weight excluding hydrogens is 408 g/mol. The third-order valence-electron chi connectivity index (χ3n) is 6.21. The average molecular weight is 434 g/mol. The van der Waals surface area contributed by atoms with E-state index in [0.717, 1.165) is 41.2 Å². The van der Waals surface area contributed by atoms with E-state index in [0.29, 0.717) is 0 Å². The van der Waals surface area contributed by atoms with Crippen LogP contribution in [0.2, 0.25) is 0 Å². The van der Waals surface area contributed by atoms with Gasteiger partial charge in [0.1, 0.15) is 12.1 Å². The molecule has 1 unspecified atom stereocenters. The Bertz CT molecular complexity index is 1030.